The molecule has 0 atom stereocenters. The maximum absolute atomic E-state index is 12.8. The standard InChI is InChI=1S/3C26H20O2.Pd/c3*27-25(18-16-21-10-4-1-5-11-21)24(20-23-14-8-3-9-15-23)26(28)19-17-22-12-6-2-7-13-22;/h3*1-20H;. The van der Waals surface area contributed by atoms with Crippen LogP contribution in [0.3, 0.4) is 0 Å². The molecule has 0 radical (unpaired) electrons. The third kappa shape index (κ3) is 23.0. The van der Waals surface area contributed by atoms with Crippen molar-refractivity contribution in [3.05, 3.63) is 376 Å². The number of ketones is 6. The van der Waals surface area contributed by atoms with Gasteiger partial charge in [-0.3, -0.25) is 28.8 Å². The predicted molar refractivity (Wildman–Crippen MR) is 346 cm³/mol. The summed E-state index contributed by atoms with van der Waals surface area (Å²) in [6.45, 7) is 0. The maximum atomic E-state index is 12.8. The molecule has 85 heavy (non-hydrogen) atoms. The first kappa shape index (κ1) is 63.5. The van der Waals surface area contributed by atoms with Crippen LogP contribution in [0.25, 0.3) is 54.7 Å². The molecule has 0 aromatic heterocycles. The zero-order valence-corrected chi connectivity index (χ0v) is 48.0. The van der Waals surface area contributed by atoms with E-state index in [1.807, 2.05) is 273 Å². The van der Waals surface area contributed by atoms with E-state index in [4.69, 9.17) is 0 Å². The molecule has 0 bridgehead atoms. The number of allylic oxidation sites excluding steroid dienone is 9. The Kier molecular flexibility index (Phi) is 26.8. The van der Waals surface area contributed by atoms with Gasteiger partial charge < -0.3 is 0 Å². The molecule has 9 aromatic rings. The normalized spacial score (nSPS) is 10.7. The molecule has 0 aliphatic rings. The van der Waals surface area contributed by atoms with Gasteiger partial charge in [-0.2, -0.15) is 0 Å². The quantitative estimate of drug-likeness (QED) is 0.0307. The van der Waals surface area contributed by atoms with Crippen molar-refractivity contribution < 1.29 is 49.2 Å². The Labute approximate surface area is 511 Å². The van der Waals surface area contributed by atoms with E-state index in [9.17, 15) is 28.8 Å². The van der Waals surface area contributed by atoms with E-state index in [0.717, 1.165) is 50.1 Å². The van der Waals surface area contributed by atoms with E-state index >= 15 is 0 Å². The predicted octanol–water partition coefficient (Wildman–Crippen LogP) is 16.9. The molecule has 0 aliphatic heterocycles. The second kappa shape index (κ2) is 35.9. The summed E-state index contributed by atoms with van der Waals surface area (Å²) in [4.78, 5) is 76.6. The number of hydrogen-bond donors (Lipinski definition) is 0. The summed E-state index contributed by atoms with van der Waals surface area (Å²) in [5.41, 5.74) is 8.24. The SMILES string of the molecule is O=C(C=Cc1ccccc1)C(=Cc1ccccc1)C(=O)C=Cc1ccccc1.O=C(C=Cc1ccccc1)C(=Cc1ccccc1)C(=O)C=Cc1ccccc1.O=C(C=Cc1ccccc1)C(=Cc1ccccc1)C(=O)C=Cc1ccccc1.[Pd]. The van der Waals surface area contributed by atoms with Crippen molar-refractivity contribution in [2.24, 2.45) is 0 Å². The van der Waals surface area contributed by atoms with Crippen LogP contribution in [0.5, 0.6) is 0 Å². The minimum Gasteiger partial charge on any atom is -0.289 e. The van der Waals surface area contributed by atoms with Crippen molar-refractivity contribution in [2.75, 3.05) is 0 Å². The van der Waals surface area contributed by atoms with E-state index in [-0.39, 0.29) is 71.8 Å². The Balaban J connectivity index is 0.000000203. The van der Waals surface area contributed by atoms with Gasteiger partial charge in [0.25, 0.3) is 0 Å². The molecule has 0 amide bonds. The Hall–Kier alpha value is -10.7. The van der Waals surface area contributed by atoms with Gasteiger partial charge in [0.15, 0.2) is 34.7 Å². The first-order chi connectivity index (χ1) is 41.2. The van der Waals surface area contributed by atoms with E-state index < -0.39 is 0 Å². The molecule has 7 heteroatoms. The summed E-state index contributed by atoms with van der Waals surface area (Å²) < 4.78 is 0. The largest absolute Gasteiger partial charge is 0.289 e. The summed E-state index contributed by atoms with van der Waals surface area (Å²) in [5, 5.41) is 0. The van der Waals surface area contributed by atoms with Crippen LogP contribution in [0, 0.1) is 0 Å². The fraction of sp³-hybridized carbons (Fsp3) is 0. The molecule has 0 saturated carbocycles. The topological polar surface area (TPSA) is 102 Å². The van der Waals surface area contributed by atoms with E-state index in [0.29, 0.717) is 0 Å². The summed E-state index contributed by atoms with van der Waals surface area (Å²) >= 11 is 0. The van der Waals surface area contributed by atoms with Crippen LogP contribution in [-0.4, -0.2) is 34.7 Å². The second-order valence-electron chi connectivity index (χ2n) is 18.6. The number of carbonyl (C=O) groups excluding carboxylic acids is 6. The van der Waals surface area contributed by atoms with Gasteiger partial charge >= 0.3 is 0 Å². The van der Waals surface area contributed by atoms with Crippen LogP contribution in [0.15, 0.2) is 326 Å². The molecular weight excluding hydrogens is 1140 g/mol. The monoisotopic (exact) mass is 1200 g/mol. The van der Waals surface area contributed by atoms with Gasteiger partial charge in [-0.15, -0.1) is 0 Å². The fourth-order valence-corrected chi connectivity index (χ4v) is 7.89. The molecule has 0 spiro atoms. The average Bonchev–Trinajstić information content (AvgIpc) is 3.57. The Bertz CT molecular complexity index is 3260. The van der Waals surface area contributed by atoms with Crippen LogP contribution in [0.1, 0.15) is 50.1 Å². The number of carbonyl (C=O) groups is 6. The molecule has 0 unspecified atom stereocenters. The molecule has 0 fully saturated rings. The summed E-state index contributed by atoms with van der Waals surface area (Å²) in [6, 6.07) is 85.3. The second-order valence-corrected chi connectivity index (χ2v) is 18.6. The van der Waals surface area contributed by atoms with Crippen molar-refractivity contribution in [1.82, 2.24) is 0 Å². The molecule has 6 nitrogen and oxygen atoms in total. The van der Waals surface area contributed by atoms with Gasteiger partial charge in [0.2, 0.25) is 0 Å². The third-order valence-electron chi connectivity index (χ3n) is 12.3. The molecule has 418 valence electrons. The maximum Gasteiger partial charge on any atom is 0.189 e. The number of rotatable bonds is 21. The van der Waals surface area contributed by atoms with Gasteiger partial charge in [-0.25, -0.2) is 0 Å². The molecule has 9 aromatic carbocycles. The fourth-order valence-electron chi connectivity index (χ4n) is 7.89. The Morgan fingerprint density at radius 1 is 0.176 bits per heavy atom. The summed E-state index contributed by atoms with van der Waals surface area (Å²) in [5.74, 6) is -1.94. The van der Waals surface area contributed by atoms with Gasteiger partial charge in [0, 0.05) is 20.4 Å². The Morgan fingerprint density at radius 2 is 0.294 bits per heavy atom. The van der Waals surface area contributed by atoms with Crippen molar-refractivity contribution in [2.45, 2.75) is 0 Å². The van der Waals surface area contributed by atoms with Crippen LogP contribution in [0.4, 0.5) is 0 Å². The minimum atomic E-state index is -0.324. The molecular formula is C78H60O6Pd. The van der Waals surface area contributed by atoms with Gasteiger partial charge in [-0.1, -0.05) is 309 Å². The summed E-state index contributed by atoms with van der Waals surface area (Å²) in [7, 11) is 0. The Morgan fingerprint density at radius 3 is 0.424 bits per heavy atom. The van der Waals surface area contributed by atoms with Crippen molar-refractivity contribution in [3.8, 4) is 0 Å². The van der Waals surface area contributed by atoms with Gasteiger partial charge in [-0.05, 0) is 105 Å². The molecule has 0 aliphatic carbocycles. The van der Waals surface area contributed by atoms with Crippen molar-refractivity contribution in [3.63, 3.8) is 0 Å². The molecule has 0 saturated heterocycles. The van der Waals surface area contributed by atoms with Crippen molar-refractivity contribution >= 4 is 89.4 Å². The number of benzene rings is 9. The smallest absolute Gasteiger partial charge is 0.189 e. The molecule has 0 heterocycles. The van der Waals surface area contributed by atoms with Gasteiger partial charge in [0.05, 0.1) is 16.7 Å². The first-order valence-corrected chi connectivity index (χ1v) is 27.1. The van der Waals surface area contributed by atoms with Gasteiger partial charge in [0.1, 0.15) is 0 Å². The zero-order valence-electron chi connectivity index (χ0n) is 46.4. The first-order valence-electron chi connectivity index (χ1n) is 27.1. The minimum absolute atomic E-state index is 0. The zero-order chi connectivity index (χ0) is 58.8. The van der Waals surface area contributed by atoms with Crippen LogP contribution < -0.4 is 0 Å². The van der Waals surface area contributed by atoms with Crippen LogP contribution >= 0.6 is 0 Å². The van der Waals surface area contributed by atoms with Crippen LogP contribution in [0.2, 0.25) is 0 Å². The summed E-state index contributed by atoms with van der Waals surface area (Å²) in [6.07, 6.45) is 23.9. The number of hydrogen-bond acceptors (Lipinski definition) is 6. The van der Waals surface area contributed by atoms with Crippen LogP contribution in [-0.2, 0) is 49.2 Å². The van der Waals surface area contributed by atoms with E-state index in [1.54, 1.807) is 54.7 Å². The van der Waals surface area contributed by atoms with E-state index in [2.05, 4.69) is 0 Å². The third-order valence-corrected chi connectivity index (χ3v) is 12.3. The average molecular weight is 1200 g/mol. The van der Waals surface area contributed by atoms with E-state index in [1.165, 1.54) is 36.5 Å². The molecule has 9 rings (SSSR count). The van der Waals surface area contributed by atoms with Crippen molar-refractivity contribution in [1.29, 1.82) is 0 Å². The molecule has 0 N–H and O–H groups in total.